The number of aliphatic hydroxyl groups excluding tert-OH is 1. The lowest BCUT2D eigenvalue weighted by molar-refractivity contribution is 0.144. The summed E-state index contributed by atoms with van der Waals surface area (Å²) in [5.41, 5.74) is 2.47. The maximum Gasteiger partial charge on any atom is 0.205 e. The molecule has 106 valence electrons. The highest BCUT2D eigenvalue weighted by Crippen LogP contribution is 2.30. The van der Waals surface area contributed by atoms with Crippen molar-refractivity contribution in [1.82, 2.24) is 9.97 Å². The molecule has 0 bridgehead atoms. The Morgan fingerprint density at radius 1 is 1.26 bits per heavy atom. The van der Waals surface area contributed by atoms with Crippen molar-refractivity contribution in [1.29, 1.82) is 0 Å². The maximum absolute atomic E-state index is 10.1. The number of nitrogens with zero attached hydrogens (tertiary/aromatic N) is 2. The highest BCUT2D eigenvalue weighted by atomic mass is 16.5. The zero-order valence-electron chi connectivity index (χ0n) is 11.1. The minimum Gasteiger partial charge on any atom is -0.490 e. The molecular formula is C12H21N5O2. The van der Waals surface area contributed by atoms with Gasteiger partial charge in [-0.2, -0.15) is 0 Å². The highest BCUT2D eigenvalue weighted by molar-refractivity contribution is 5.63. The number of ether oxygens (including phenoxy) is 1. The Morgan fingerprint density at radius 2 is 2.00 bits per heavy atom. The molecule has 2 unspecified atom stereocenters. The van der Waals surface area contributed by atoms with Gasteiger partial charge >= 0.3 is 0 Å². The van der Waals surface area contributed by atoms with Crippen molar-refractivity contribution >= 4 is 11.6 Å². The van der Waals surface area contributed by atoms with E-state index in [1.807, 2.05) is 0 Å². The van der Waals surface area contributed by atoms with Crippen LogP contribution in [0.2, 0.25) is 0 Å². The number of aromatic nitrogens is 2. The molecule has 1 fully saturated rings. The summed E-state index contributed by atoms with van der Waals surface area (Å²) in [4.78, 5) is 8.15. The summed E-state index contributed by atoms with van der Waals surface area (Å²) in [6.45, 7) is 0. The van der Waals surface area contributed by atoms with E-state index in [2.05, 4.69) is 20.7 Å². The predicted octanol–water partition coefficient (Wildman–Crippen LogP) is 0.876. The summed E-state index contributed by atoms with van der Waals surface area (Å²) >= 11 is 0. The van der Waals surface area contributed by atoms with Crippen LogP contribution >= 0.6 is 0 Å². The second-order valence-corrected chi connectivity index (χ2v) is 4.70. The molecule has 0 aliphatic heterocycles. The maximum atomic E-state index is 10.1. The van der Waals surface area contributed by atoms with Gasteiger partial charge in [0.05, 0.1) is 19.3 Å². The second-order valence-electron chi connectivity index (χ2n) is 4.70. The molecule has 0 aromatic carbocycles. The molecule has 7 nitrogen and oxygen atoms in total. The van der Waals surface area contributed by atoms with Crippen molar-refractivity contribution in [2.75, 3.05) is 17.9 Å². The number of aliphatic hydroxyl groups is 1. The van der Waals surface area contributed by atoms with Gasteiger partial charge in [-0.1, -0.05) is 19.3 Å². The topological polar surface area (TPSA) is 105 Å². The van der Waals surface area contributed by atoms with E-state index in [0.29, 0.717) is 17.4 Å². The lowest BCUT2D eigenvalue weighted by Crippen LogP contribution is -2.33. The quantitative estimate of drug-likeness (QED) is 0.364. The van der Waals surface area contributed by atoms with E-state index >= 15 is 0 Å². The Bertz CT molecular complexity index is 415. The third-order valence-corrected chi connectivity index (χ3v) is 3.45. The second kappa shape index (κ2) is 6.53. The third kappa shape index (κ3) is 3.24. The molecule has 1 aliphatic carbocycles. The number of nitrogens with one attached hydrogen (secondary N) is 2. The molecule has 1 aromatic heterocycles. The Balaban J connectivity index is 2.17. The van der Waals surface area contributed by atoms with Crippen LogP contribution in [0.3, 0.4) is 0 Å². The summed E-state index contributed by atoms with van der Waals surface area (Å²) in [6.07, 6.45) is 6.10. The first kappa shape index (κ1) is 13.8. The molecule has 19 heavy (non-hydrogen) atoms. The first-order valence-electron chi connectivity index (χ1n) is 6.56. The van der Waals surface area contributed by atoms with Crippen LogP contribution in [0.25, 0.3) is 0 Å². The van der Waals surface area contributed by atoms with Gasteiger partial charge in [0, 0.05) is 0 Å². The molecular weight excluding hydrogens is 246 g/mol. The normalized spacial score (nSPS) is 23.5. The molecule has 2 rings (SSSR count). The number of rotatable bonds is 4. The number of anilines is 2. The van der Waals surface area contributed by atoms with Crippen LogP contribution < -0.4 is 21.3 Å². The fraction of sp³-hybridized carbons (Fsp3) is 0.667. The van der Waals surface area contributed by atoms with Gasteiger partial charge in [0.15, 0.2) is 11.6 Å². The fourth-order valence-electron chi connectivity index (χ4n) is 2.40. The number of methoxy groups -OCH3 is 1. The van der Waals surface area contributed by atoms with Crippen molar-refractivity contribution in [2.24, 2.45) is 5.84 Å². The van der Waals surface area contributed by atoms with Gasteiger partial charge in [-0.25, -0.2) is 15.8 Å². The predicted molar refractivity (Wildman–Crippen MR) is 72.9 cm³/mol. The lowest BCUT2D eigenvalue weighted by Gasteiger charge is -2.23. The summed E-state index contributed by atoms with van der Waals surface area (Å²) in [6, 6.07) is -0.0167. The highest BCUT2D eigenvalue weighted by Gasteiger charge is 2.23. The third-order valence-electron chi connectivity index (χ3n) is 3.45. The number of nitrogen functional groups attached to an aromatic ring is 1. The van der Waals surface area contributed by atoms with Crippen LogP contribution in [0, 0.1) is 0 Å². The van der Waals surface area contributed by atoms with Gasteiger partial charge in [0.2, 0.25) is 5.75 Å². The van der Waals surface area contributed by atoms with E-state index in [-0.39, 0.29) is 12.1 Å². The van der Waals surface area contributed by atoms with Crippen molar-refractivity contribution in [3.8, 4) is 5.75 Å². The minimum absolute atomic E-state index is 0.0167. The molecule has 0 radical (unpaired) electrons. The molecule has 1 saturated carbocycles. The summed E-state index contributed by atoms with van der Waals surface area (Å²) < 4.78 is 5.26. The van der Waals surface area contributed by atoms with Crippen molar-refractivity contribution in [3.05, 3.63) is 6.33 Å². The average Bonchev–Trinajstić information content (AvgIpc) is 2.64. The van der Waals surface area contributed by atoms with Gasteiger partial charge in [-0.05, 0) is 12.8 Å². The van der Waals surface area contributed by atoms with E-state index in [0.717, 1.165) is 32.1 Å². The molecule has 0 amide bonds. The zero-order valence-corrected chi connectivity index (χ0v) is 11.1. The molecule has 1 aliphatic rings. The molecule has 7 heteroatoms. The Hall–Kier alpha value is -1.60. The SMILES string of the molecule is COc1c(NN)ncnc1NC1CCCCCC1O. The standard InChI is InChI=1S/C12H21N5O2/c1-19-10-11(14-7-15-12(10)17-13)16-8-5-3-2-4-6-9(8)18/h7-9,18H,2-6,13H2,1H3,(H2,14,15,16,17). The van der Waals surface area contributed by atoms with E-state index < -0.39 is 0 Å². The molecule has 1 heterocycles. The fourth-order valence-corrected chi connectivity index (χ4v) is 2.40. The van der Waals surface area contributed by atoms with Crippen LogP contribution in [0.5, 0.6) is 5.75 Å². The molecule has 2 atom stereocenters. The number of hydrogen-bond donors (Lipinski definition) is 4. The first-order chi connectivity index (χ1) is 9.26. The van der Waals surface area contributed by atoms with E-state index in [9.17, 15) is 5.11 Å². The van der Waals surface area contributed by atoms with Crippen LogP contribution in [0.1, 0.15) is 32.1 Å². The van der Waals surface area contributed by atoms with Crippen LogP contribution in [-0.2, 0) is 0 Å². The first-order valence-corrected chi connectivity index (χ1v) is 6.56. The minimum atomic E-state index is -0.364. The van der Waals surface area contributed by atoms with Crippen molar-refractivity contribution in [3.63, 3.8) is 0 Å². The van der Waals surface area contributed by atoms with Gasteiger partial charge in [-0.15, -0.1) is 0 Å². The Labute approximate surface area is 112 Å². The number of hydrazine groups is 1. The number of hydrogen-bond acceptors (Lipinski definition) is 7. The summed E-state index contributed by atoms with van der Waals surface area (Å²) in [7, 11) is 1.54. The van der Waals surface area contributed by atoms with Crippen LogP contribution in [0.15, 0.2) is 6.33 Å². The van der Waals surface area contributed by atoms with E-state index in [4.69, 9.17) is 10.6 Å². The molecule has 0 saturated heterocycles. The average molecular weight is 267 g/mol. The van der Waals surface area contributed by atoms with Crippen molar-refractivity contribution < 1.29 is 9.84 Å². The Kier molecular flexibility index (Phi) is 4.75. The molecule has 1 aromatic rings. The van der Waals surface area contributed by atoms with Gasteiger partial charge in [-0.3, -0.25) is 0 Å². The monoisotopic (exact) mass is 267 g/mol. The smallest absolute Gasteiger partial charge is 0.205 e. The van der Waals surface area contributed by atoms with E-state index in [1.54, 1.807) is 0 Å². The van der Waals surface area contributed by atoms with Gasteiger partial charge in [0.25, 0.3) is 0 Å². The molecule has 5 N–H and O–H groups in total. The van der Waals surface area contributed by atoms with Gasteiger partial charge < -0.3 is 20.6 Å². The summed E-state index contributed by atoms with van der Waals surface area (Å²) in [5, 5.41) is 13.4. The van der Waals surface area contributed by atoms with Crippen LogP contribution in [-0.4, -0.2) is 34.3 Å². The van der Waals surface area contributed by atoms with E-state index in [1.165, 1.54) is 13.4 Å². The lowest BCUT2D eigenvalue weighted by atomic mass is 10.1. The van der Waals surface area contributed by atoms with Gasteiger partial charge in [0.1, 0.15) is 6.33 Å². The largest absolute Gasteiger partial charge is 0.490 e. The molecule has 0 spiro atoms. The summed E-state index contributed by atoms with van der Waals surface area (Å²) in [5.74, 6) is 6.81. The zero-order chi connectivity index (χ0) is 13.7. The number of nitrogens with two attached hydrogens (primary N) is 1. The van der Waals surface area contributed by atoms with Crippen LogP contribution in [0.4, 0.5) is 11.6 Å². The van der Waals surface area contributed by atoms with Crippen molar-refractivity contribution in [2.45, 2.75) is 44.2 Å². The Morgan fingerprint density at radius 3 is 2.74 bits per heavy atom.